The van der Waals surface area contributed by atoms with Crippen molar-refractivity contribution in [3.63, 3.8) is 0 Å². The SMILES string of the molecule is C[C@@H](CC(=O)O[C@H](C)c1nc2ccccc2c(=O)[nH]1)c1ccccc1. The Hall–Kier alpha value is -2.95. The molecule has 1 aromatic heterocycles. The number of hydrogen-bond acceptors (Lipinski definition) is 4. The zero-order valence-electron chi connectivity index (χ0n) is 14.2. The molecular formula is C20H20N2O3. The number of ether oxygens (including phenoxy) is 1. The Bertz CT molecular complexity index is 934. The number of carbonyl (C=O) groups is 1. The van der Waals surface area contributed by atoms with Gasteiger partial charge in [0.2, 0.25) is 0 Å². The number of H-pyrrole nitrogens is 1. The van der Waals surface area contributed by atoms with Gasteiger partial charge in [0.15, 0.2) is 11.9 Å². The molecule has 0 bridgehead atoms. The van der Waals surface area contributed by atoms with Gasteiger partial charge < -0.3 is 9.72 Å². The van der Waals surface area contributed by atoms with Gasteiger partial charge in [-0.1, -0.05) is 49.4 Å². The highest BCUT2D eigenvalue weighted by molar-refractivity contribution is 5.77. The zero-order chi connectivity index (χ0) is 17.8. The van der Waals surface area contributed by atoms with Crippen LogP contribution in [0.25, 0.3) is 10.9 Å². The number of nitrogens with zero attached hydrogens (tertiary/aromatic N) is 1. The minimum atomic E-state index is -0.618. The Labute approximate surface area is 145 Å². The lowest BCUT2D eigenvalue weighted by Crippen LogP contribution is -2.18. The third kappa shape index (κ3) is 3.94. The number of benzene rings is 2. The largest absolute Gasteiger partial charge is 0.454 e. The summed E-state index contributed by atoms with van der Waals surface area (Å²) in [5.74, 6) is 0.0913. The van der Waals surface area contributed by atoms with Gasteiger partial charge >= 0.3 is 5.97 Å². The van der Waals surface area contributed by atoms with Gasteiger partial charge in [-0.25, -0.2) is 4.98 Å². The van der Waals surface area contributed by atoms with Crippen LogP contribution >= 0.6 is 0 Å². The van der Waals surface area contributed by atoms with E-state index < -0.39 is 6.10 Å². The molecule has 2 aromatic carbocycles. The molecule has 0 spiro atoms. The Morgan fingerprint density at radius 2 is 1.76 bits per heavy atom. The zero-order valence-corrected chi connectivity index (χ0v) is 14.2. The molecule has 0 fully saturated rings. The summed E-state index contributed by atoms with van der Waals surface area (Å²) in [6.07, 6.45) is -0.348. The first-order valence-corrected chi connectivity index (χ1v) is 8.28. The van der Waals surface area contributed by atoms with Crippen molar-refractivity contribution in [3.05, 3.63) is 76.3 Å². The van der Waals surface area contributed by atoms with Crippen LogP contribution in [0.2, 0.25) is 0 Å². The summed E-state index contributed by atoms with van der Waals surface area (Å²) < 4.78 is 5.46. The fourth-order valence-corrected chi connectivity index (χ4v) is 2.75. The van der Waals surface area contributed by atoms with Crippen molar-refractivity contribution >= 4 is 16.9 Å². The van der Waals surface area contributed by atoms with E-state index in [1.807, 2.05) is 43.3 Å². The van der Waals surface area contributed by atoms with Crippen LogP contribution in [-0.2, 0) is 9.53 Å². The second kappa shape index (κ2) is 7.30. The van der Waals surface area contributed by atoms with Gasteiger partial charge in [0, 0.05) is 0 Å². The number of aromatic nitrogens is 2. The van der Waals surface area contributed by atoms with Crippen molar-refractivity contribution in [2.75, 3.05) is 0 Å². The fraction of sp³-hybridized carbons (Fsp3) is 0.250. The molecule has 1 heterocycles. The molecule has 128 valence electrons. The monoisotopic (exact) mass is 336 g/mol. The van der Waals surface area contributed by atoms with E-state index in [1.54, 1.807) is 25.1 Å². The number of para-hydroxylation sites is 1. The average Bonchev–Trinajstić information content (AvgIpc) is 2.62. The number of aromatic amines is 1. The van der Waals surface area contributed by atoms with E-state index >= 15 is 0 Å². The Morgan fingerprint density at radius 3 is 2.52 bits per heavy atom. The normalized spacial score (nSPS) is 13.4. The molecule has 0 saturated carbocycles. The van der Waals surface area contributed by atoms with Crippen molar-refractivity contribution in [1.29, 1.82) is 0 Å². The van der Waals surface area contributed by atoms with Crippen LogP contribution in [0.3, 0.4) is 0 Å². The standard InChI is InChI=1S/C20H20N2O3/c1-13(15-8-4-3-5-9-15)12-18(23)25-14(2)19-21-17-11-7-6-10-16(17)20(24)22-19/h3-11,13-14H,12H2,1-2H3,(H,21,22,24)/t13-,14+/m0/s1. The Morgan fingerprint density at radius 1 is 1.08 bits per heavy atom. The van der Waals surface area contributed by atoms with E-state index in [0.29, 0.717) is 16.7 Å². The molecule has 25 heavy (non-hydrogen) atoms. The van der Waals surface area contributed by atoms with E-state index in [4.69, 9.17) is 4.74 Å². The van der Waals surface area contributed by atoms with Crippen molar-refractivity contribution < 1.29 is 9.53 Å². The van der Waals surface area contributed by atoms with Crippen LogP contribution in [0.4, 0.5) is 0 Å². The van der Waals surface area contributed by atoms with Gasteiger partial charge in [-0.15, -0.1) is 0 Å². The third-order valence-corrected chi connectivity index (χ3v) is 4.17. The maximum atomic E-state index is 12.2. The molecule has 0 aliphatic rings. The summed E-state index contributed by atoms with van der Waals surface area (Å²) >= 11 is 0. The molecule has 3 aromatic rings. The van der Waals surface area contributed by atoms with E-state index in [1.165, 1.54) is 0 Å². The van der Waals surface area contributed by atoms with Crippen molar-refractivity contribution in [2.24, 2.45) is 0 Å². The summed E-state index contributed by atoms with van der Waals surface area (Å²) in [7, 11) is 0. The summed E-state index contributed by atoms with van der Waals surface area (Å²) in [6.45, 7) is 3.69. The molecular weight excluding hydrogens is 316 g/mol. The van der Waals surface area contributed by atoms with Crippen molar-refractivity contribution in [3.8, 4) is 0 Å². The van der Waals surface area contributed by atoms with E-state index in [-0.39, 0.29) is 23.9 Å². The molecule has 0 saturated heterocycles. The molecule has 3 rings (SSSR count). The predicted octanol–water partition coefficient (Wildman–Crippen LogP) is 3.72. The maximum Gasteiger partial charge on any atom is 0.307 e. The minimum Gasteiger partial charge on any atom is -0.454 e. The van der Waals surface area contributed by atoms with Crippen LogP contribution in [-0.4, -0.2) is 15.9 Å². The van der Waals surface area contributed by atoms with Gasteiger partial charge in [0.1, 0.15) is 0 Å². The first kappa shape index (κ1) is 16.9. The van der Waals surface area contributed by atoms with Crippen molar-refractivity contribution in [2.45, 2.75) is 32.3 Å². The topological polar surface area (TPSA) is 72.0 Å². The van der Waals surface area contributed by atoms with E-state index in [9.17, 15) is 9.59 Å². The van der Waals surface area contributed by atoms with Crippen molar-refractivity contribution in [1.82, 2.24) is 9.97 Å². The van der Waals surface area contributed by atoms with Gasteiger partial charge in [-0.05, 0) is 30.5 Å². The summed E-state index contributed by atoms with van der Waals surface area (Å²) in [4.78, 5) is 31.4. The maximum absolute atomic E-state index is 12.2. The highest BCUT2D eigenvalue weighted by atomic mass is 16.5. The molecule has 1 N–H and O–H groups in total. The summed E-state index contributed by atoms with van der Waals surface area (Å²) in [5, 5.41) is 0.516. The van der Waals surface area contributed by atoms with Crippen LogP contribution in [0.1, 0.15) is 43.7 Å². The minimum absolute atomic E-state index is 0.0597. The van der Waals surface area contributed by atoms with Crippen LogP contribution in [0.15, 0.2) is 59.4 Å². The van der Waals surface area contributed by atoms with E-state index in [2.05, 4.69) is 9.97 Å². The highest BCUT2D eigenvalue weighted by Gasteiger charge is 2.18. The number of rotatable bonds is 5. The Kier molecular flexibility index (Phi) is 4.93. The third-order valence-electron chi connectivity index (χ3n) is 4.17. The summed E-state index contributed by atoms with van der Waals surface area (Å²) in [6, 6.07) is 16.9. The predicted molar refractivity (Wildman–Crippen MR) is 96.3 cm³/mol. The second-order valence-corrected chi connectivity index (χ2v) is 6.12. The smallest absolute Gasteiger partial charge is 0.307 e. The molecule has 5 heteroatoms. The molecule has 0 aliphatic carbocycles. The van der Waals surface area contributed by atoms with Crippen LogP contribution in [0, 0.1) is 0 Å². The van der Waals surface area contributed by atoms with Gasteiger partial charge in [-0.2, -0.15) is 0 Å². The lowest BCUT2D eigenvalue weighted by Gasteiger charge is -2.15. The van der Waals surface area contributed by atoms with Gasteiger partial charge in [0.25, 0.3) is 5.56 Å². The average molecular weight is 336 g/mol. The first-order chi connectivity index (χ1) is 12.0. The molecule has 0 amide bonds. The molecule has 0 radical (unpaired) electrons. The number of fused-ring (bicyclic) bond motifs is 1. The lowest BCUT2D eigenvalue weighted by molar-refractivity contribution is -0.149. The molecule has 2 atom stereocenters. The molecule has 0 unspecified atom stereocenters. The number of hydrogen-bond donors (Lipinski definition) is 1. The summed E-state index contributed by atoms with van der Waals surface area (Å²) in [5.41, 5.74) is 1.44. The Balaban J connectivity index is 1.70. The van der Waals surface area contributed by atoms with Gasteiger partial charge in [-0.3, -0.25) is 9.59 Å². The van der Waals surface area contributed by atoms with Crippen LogP contribution < -0.4 is 5.56 Å². The molecule has 5 nitrogen and oxygen atoms in total. The molecule has 0 aliphatic heterocycles. The van der Waals surface area contributed by atoms with Gasteiger partial charge in [0.05, 0.1) is 17.3 Å². The lowest BCUT2D eigenvalue weighted by atomic mass is 9.98. The number of nitrogens with one attached hydrogen (secondary N) is 1. The number of esters is 1. The fourth-order valence-electron chi connectivity index (χ4n) is 2.75. The van der Waals surface area contributed by atoms with E-state index in [0.717, 1.165) is 5.56 Å². The highest BCUT2D eigenvalue weighted by Crippen LogP contribution is 2.21. The number of carbonyl (C=O) groups excluding carboxylic acids is 1. The second-order valence-electron chi connectivity index (χ2n) is 6.12. The first-order valence-electron chi connectivity index (χ1n) is 8.28. The van der Waals surface area contributed by atoms with Crippen LogP contribution in [0.5, 0.6) is 0 Å². The quantitative estimate of drug-likeness (QED) is 0.721.